The Kier molecular flexibility index (Phi) is 8.85. The summed E-state index contributed by atoms with van der Waals surface area (Å²) < 4.78 is 5.78. The number of aromatic nitrogens is 1. The molecule has 0 bridgehead atoms. The molecule has 0 aliphatic carbocycles. The van der Waals surface area contributed by atoms with Gasteiger partial charge in [0.05, 0.1) is 12.1 Å². The van der Waals surface area contributed by atoms with Crippen molar-refractivity contribution in [3.05, 3.63) is 59.9 Å². The number of ether oxygens (including phenoxy) is 1. The molecule has 0 radical (unpaired) electrons. The Morgan fingerprint density at radius 2 is 1.81 bits per heavy atom. The van der Waals surface area contributed by atoms with Crippen LogP contribution in [-0.4, -0.2) is 43.7 Å². The van der Waals surface area contributed by atoms with Gasteiger partial charge in [-0.15, -0.1) is 0 Å². The predicted octanol–water partition coefficient (Wildman–Crippen LogP) is 3.23. The molecule has 1 fully saturated rings. The number of hydrogen-bond acceptors (Lipinski definition) is 5. The lowest BCUT2D eigenvalue weighted by atomic mass is 9.82. The maximum atomic E-state index is 11.9. The van der Waals surface area contributed by atoms with Crippen LogP contribution in [-0.2, 0) is 10.3 Å². The number of benzene rings is 1. The monoisotopic (exact) mass is 424 g/mol. The topological polar surface area (TPSA) is 75.3 Å². The van der Waals surface area contributed by atoms with E-state index in [0.29, 0.717) is 13.2 Å². The molecule has 1 aromatic carbocycles. The Labute approximate surface area is 186 Å². The summed E-state index contributed by atoms with van der Waals surface area (Å²) in [5.41, 5.74) is 1.65. The van der Waals surface area contributed by atoms with Crippen LogP contribution in [0.2, 0.25) is 0 Å². The van der Waals surface area contributed by atoms with Crippen LogP contribution in [0.5, 0.6) is 5.75 Å². The van der Waals surface area contributed by atoms with Gasteiger partial charge in [0.2, 0.25) is 5.91 Å². The third-order valence-corrected chi connectivity index (χ3v) is 6.03. The summed E-state index contributed by atoms with van der Waals surface area (Å²) >= 11 is 0. The molecule has 6 nitrogen and oxygen atoms in total. The first-order chi connectivity index (χ1) is 15.1. The number of rotatable bonds is 11. The fourth-order valence-corrected chi connectivity index (χ4v) is 4.25. The quantitative estimate of drug-likeness (QED) is 0.516. The second-order valence-electron chi connectivity index (χ2n) is 8.33. The molecule has 168 valence electrons. The molecule has 1 aromatic heterocycles. The van der Waals surface area contributed by atoms with Gasteiger partial charge in [-0.25, -0.2) is 0 Å². The number of hydrogen-bond donors (Lipinski definition) is 3. The number of carbonyl (C=O) groups is 1. The highest BCUT2D eigenvalue weighted by Gasteiger charge is 2.34. The smallest absolute Gasteiger partial charge is 0.216 e. The van der Waals surface area contributed by atoms with Gasteiger partial charge in [-0.1, -0.05) is 19.1 Å². The van der Waals surface area contributed by atoms with Crippen LogP contribution in [0.25, 0.3) is 0 Å². The Morgan fingerprint density at radius 1 is 1.13 bits per heavy atom. The van der Waals surface area contributed by atoms with E-state index >= 15 is 0 Å². The lowest BCUT2D eigenvalue weighted by Gasteiger charge is -2.37. The van der Waals surface area contributed by atoms with Gasteiger partial charge in [0, 0.05) is 25.9 Å². The van der Waals surface area contributed by atoms with Crippen molar-refractivity contribution in [2.45, 2.75) is 45.1 Å². The largest absolute Gasteiger partial charge is 0.494 e. The Balaban J connectivity index is 1.88. The van der Waals surface area contributed by atoms with Gasteiger partial charge in [0.15, 0.2) is 0 Å². The van der Waals surface area contributed by atoms with Gasteiger partial charge in [0.25, 0.3) is 0 Å². The second-order valence-corrected chi connectivity index (χ2v) is 8.33. The molecular weight excluding hydrogens is 388 g/mol. The van der Waals surface area contributed by atoms with Crippen LogP contribution < -0.4 is 20.7 Å². The molecule has 3 N–H and O–H groups in total. The van der Waals surface area contributed by atoms with E-state index in [1.165, 1.54) is 12.8 Å². The first-order valence-corrected chi connectivity index (χ1v) is 11.5. The summed E-state index contributed by atoms with van der Waals surface area (Å²) in [5.74, 6) is 1.56. The van der Waals surface area contributed by atoms with Gasteiger partial charge in [0.1, 0.15) is 5.75 Å². The minimum atomic E-state index is -0.537. The molecular formula is C25H36N4O2. The highest BCUT2D eigenvalue weighted by atomic mass is 16.5. The van der Waals surface area contributed by atoms with Gasteiger partial charge < -0.3 is 20.7 Å². The SMILES string of the molecule is CCCOc1ccc(C(CNC(C)=O)(NCCC2CCNCC2)c2ccncc2)cc1. The first-order valence-electron chi connectivity index (χ1n) is 11.5. The fraction of sp³-hybridized carbons (Fsp3) is 0.520. The van der Waals surface area contributed by atoms with E-state index in [-0.39, 0.29) is 5.91 Å². The molecule has 1 aliphatic heterocycles. The number of amides is 1. The highest BCUT2D eigenvalue weighted by molar-refractivity contribution is 5.73. The normalized spacial score (nSPS) is 16.5. The van der Waals surface area contributed by atoms with Crippen LogP contribution in [0, 0.1) is 5.92 Å². The van der Waals surface area contributed by atoms with E-state index in [2.05, 4.69) is 40.0 Å². The van der Waals surface area contributed by atoms with Crippen molar-refractivity contribution in [3.63, 3.8) is 0 Å². The van der Waals surface area contributed by atoms with Crippen molar-refractivity contribution in [1.29, 1.82) is 0 Å². The van der Waals surface area contributed by atoms with Crippen LogP contribution in [0.15, 0.2) is 48.8 Å². The number of nitrogens with zero attached hydrogens (tertiary/aromatic N) is 1. The van der Waals surface area contributed by atoms with Crippen molar-refractivity contribution in [2.75, 3.05) is 32.8 Å². The summed E-state index contributed by atoms with van der Waals surface area (Å²) in [4.78, 5) is 16.1. The minimum absolute atomic E-state index is 0.0403. The third-order valence-electron chi connectivity index (χ3n) is 6.03. The molecule has 1 atom stereocenters. The summed E-state index contributed by atoms with van der Waals surface area (Å²) in [7, 11) is 0. The van der Waals surface area contributed by atoms with Gasteiger partial charge in [-0.2, -0.15) is 0 Å². The molecule has 2 heterocycles. The number of nitrogens with one attached hydrogen (secondary N) is 3. The Hall–Kier alpha value is -2.44. The molecule has 1 aliphatic rings. The molecule has 2 aromatic rings. The van der Waals surface area contributed by atoms with Crippen molar-refractivity contribution in [1.82, 2.24) is 20.9 Å². The Morgan fingerprint density at radius 3 is 2.45 bits per heavy atom. The van der Waals surface area contributed by atoms with Crippen LogP contribution in [0.1, 0.15) is 50.7 Å². The molecule has 31 heavy (non-hydrogen) atoms. The van der Waals surface area contributed by atoms with Crippen LogP contribution in [0.3, 0.4) is 0 Å². The van der Waals surface area contributed by atoms with E-state index in [1.807, 2.05) is 36.7 Å². The molecule has 6 heteroatoms. The summed E-state index contributed by atoms with van der Waals surface area (Å²) in [6.45, 7) is 7.91. The van der Waals surface area contributed by atoms with E-state index in [9.17, 15) is 4.79 Å². The maximum absolute atomic E-state index is 11.9. The molecule has 3 rings (SSSR count). The first kappa shape index (κ1) is 23.2. The van der Waals surface area contributed by atoms with E-state index in [4.69, 9.17) is 4.74 Å². The van der Waals surface area contributed by atoms with Crippen molar-refractivity contribution in [3.8, 4) is 5.75 Å². The van der Waals surface area contributed by atoms with Crippen molar-refractivity contribution in [2.24, 2.45) is 5.92 Å². The summed E-state index contributed by atoms with van der Waals surface area (Å²) in [6.07, 6.45) is 8.16. The molecule has 0 spiro atoms. The average molecular weight is 425 g/mol. The summed E-state index contributed by atoms with van der Waals surface area (Å²) in [5, 5.41) is 10.3. The van der Waals surface area contributed by atoms with Gasteiger partial charge >= 0.3 is 0 Å². The molecule has 1 amide bonds. The summed E-state index contributed by atoms with van der Waals surface area (Å²) in [6, 6.07) is 12.3. The zero-order chi connectivity index (χ0) is 21.9. The van der Waals surface area contributed by atoms with E-state index in [1.54, 1.807) is 6.92 Å². The second kappa shape index (κ2) is 11.8. The number of piperidine rings is 1. The number of carbonyl (C=O) groups excluding carboxylic acids is 1. The zero-order valence-electron chi connectivity index (χ0n) is 18.8. The van der Waals surface area contributed by atoms with Crippen LogP contribution in [0.4, 0.5) is 0 Å². The minimum Gasteiger partial charge on any atom is -0.494 e. The number of pyridine rings is 1. The average Bonchev–Trinajstić information content (AvgIpc) is 2.81. The van der Waals surface area contributed by atoms with E-state index < -0.39 is 5.54 Å². The lowest BCUT2D eigenvalue weighted by molar-refractivity contribution is -0.119. The lowest BCUT2D eigenvalue weighted by Crippen LogP contribution is -2.52. The standard InChI is InChI=1S/C25H36N4O2/c1-3-18-31-24-6-4-22(5-7-24)25(19-28-20(2)30,23-11-15-27-16-12-23)29-17-10-21-8-13-26-14-9-21/h4-7,11-12,15-16,21,26,29H,3,8-10,13-14,17-19H2,1-2H3,(H,28,30). The Bertz CT molecular complexity index is 791. The van der Waals surface area contributed by atoms with Crippen molar-refractivity contribution < 1.29 is 9.53 Å². The molecule has 1 saturated heterocycles. The zero-order valence-corrected chi connectivity index (χ0v) is 18.8. The van der Waals surface area contributed by atoms with E-state index in [0.717, 1.165) is 55.3 Å². The third kappa shape index (κ3) is 6.52. The van der Waals surface area contributed by atoms with Crippen molar-refractivity contribution >= 4 is 5.91 Å². The van der Waals surface area contributed by atoms with Crippen LogP contribution >= 0.6 is 0 Å². The highest BCUT2D eigenvalue weighted by Crippen LogP contribution is 2.31. The molecule has 0 saturated carbocycles. The maximum Gasteiger partial charge on any atom is 0.216 e. The molecule has 1 unspecified atom stereocenters. The predicted molar refractivity (Wildman–Crippen MR) is 124 cm³/mol. The van der Waals surface area contributed by atoms with Gasteiger partial charge in [-0.05, 0) is 86.6 Å². The fourth-order valence-electron chi connectivity index (χ4n) is 4.25. The van der Waals surface area contributed by atoms with Gasteiger partial charge in [-0.3, -0.25) is 9.78 Å².